The average Bonchev–Trinajstić information content (AvgIpc) is 2.81. The zero-order valence-corrected chi connectivity index (χ0v) is 13.4. The lowest BCUT2D eigenvalue weighted by Crippen LogP contribution is -2.16. The number of benzene rings is 1. The van der Waals surface area contributed by atoms with Gasteiger partial charge in [-0.3, -0.25) is 0 Å². The molecule has 0 aliphatic heterocycles. The molecule has 1 aromatic heterocycles. The van der Waals surface area contributed by atoms with Crippen molar-refractivity contribution in [2.75, 3.05) is 12.3 Å². The topological polar surface area (TPSA) is 55.6 Å². The fraction of sp³-hybridized carbons (Fsp3) is 0.462. The number of halogens is 1. The molecule has 20 heavy (non-hydrogen) atoms. The van der Waals surface area contributed by atoms with E-state index in [0.29, 0.717) is 0 Å². The summed E-state index contributed by atoms with van der Waals surface area (Å²) in [6, 6.07) is 8.47. The first-order valence-corrected chi connectivity index (χ1v) is 7.36. The summed E-state index contributed by atoms with van der Waals surface area (Å²) in [5.41, 5.74) is 2.71. The van der Waals surface area contributed by atoms with Crippen LogP contribution in [-0.4, -0.2) is 32.5 Å². The summed E-state index contributed by atoms with van der Waals surface area (Å²) < 4.78 is 1.70. The second-order valence-electron chi connectivity index (χ2n) is 4.39. The Balaban J connectivity index is 0.00000200. The summed E-state index contributed by atoms with van der Waals surface area (Å²) in [7, 11) is 1.86. The fourth-order valence-corrected chi connectivity index (χ4v) is 2.52. The van der Waals surface area contributed by atoms with Gasteiger partial charge in [0.25, 0.3) is 0 Å². The second-order valence-corrected chi connectivity index (χ2v) is 5.45. The first kappa shape index (κ1) is 16.9. The Morgan fingerprint density at radius 2 is 2.10 bits per heavy atom. The highest BCUT2D eigenvalue weighted by Gasteiger charge is 2.01. The SMILES string of the molecule is Cc1ccccc1CNCCCSc1nnnn1C.Cl. The predicted octanol–water partition coefficient (Wildman–Crippen LogP) is 2.21. The van der Waals surface area contributed by atoms with Gasteiger partial charge in [-0.25, -0.2) is 4.68 Å². The van der Waals surface area contributed by atoms with E-state index in [4.69, 9.17) is 0 Å². The molecular weight excluding hydrogens is 294 g/mol. The van der Waals surface area contributed by atoms with Crippen LogP contribution in [0.2, 0.25) is 0 Å². The van der Waals surface area contributed by atoms with E-state index in [0.717, 1.165) is 30.4 Å². The molecular formula is C13H20ClN5S. The zero-order valence-electron chi connectivity index (χ0n) is 11.7. The molecule has 0 aliphatic rings. The molecule has 2 rings (SSSR count). The van der Waals surface area contributed by atoms with Crippen molar-refractivity contribution in [1.82, 2.24) is 25.5 Å². The van der Waals surface area contributed by atoms with E-state index in [9.17, 15) is 0 Å². The van der Waals surface area contributed by atoms with E-state index in [-0.39, 0.29) is 12.4 Å². The molecule has 0 unspecified atom stereocenters. The maximum atomic E-state index is 3.94. The Morgan fingerprint density at radius 3 is 2.80 bits per heavy atom. The quantitative estimate of drug-likeness (QED) is 0.627. The van der Waals surface area contributed by atoms with Crippen molar-refractivity contribution in [1.29, 1.82) is 0 Å². The Bertz CT molecular complexity index is 517. The molecule has 2 aromatic rings. The van der Waals surface area contributed by atoms with Gasteiger partial charge >= 0.3 is 0 Å². The van der Waals surface area contributed by atoms with Crippen LogP contribution in [0.4, 0.5) is 0 Å². The van der Waals surface area contributed by atoms with Crippen LogP contribution in [0.1, 0.15) is 17.5 Å². The number of aromatic nitrogens is 4. The number of tetrazole rings is 1. The molecule has 0 saturated heterocycles. The van der Waals surface area contributed by atoms with Gasteiger partial charge in [-0.15, -0.1) is 17.5 Å². The molecule has 1 heterocycles. The first-order valence-electron chi connectivity index (χ1n) is 6.38. The monoisotopic (exact) mass is 313 g/mol. The Morgan fingerprint density at radius 1 is 1.30 bits per heavy atom. The Hall–Kier alpha value is -1.11. The van der Waals surface area contributed by atoms with Crippen LogP contribution in [0.25, 0.3) is 0 Å². The van der Waals surface area contributed by atoms with Gasteiger partial charge in [-0.2, -0.15) is 0 Å². The highest BCUT2D eigenvalue weighted by molar-refractivity contribution is 7.99. The molecule has 0 fully saturated rings. The maximum Gasteiger partial charge on any atom is 0.209 e. The number of thioether (sulfide) groups is 1. The molecule has 110 valence electrons. The number of nitrogens with zero attached hydrogens (tertiary/aromatic N) is 4. The highest BCUT2D eigenvalue weighted by atomic mass is 35.5. The third kappa shape index (κ3) is 5.11. The lowest BCUT2D eigenvalue weighted by atomic mass is 10.1. The summed E-state index contributed by atoms with van der Waals surface area (Å²) >= 11 is 1.69. The largest absolute Gasteiger partial charge is 0.313 e. The summed E-state index contributed by atoms with van der Waals surface area (Å²) in [6.07, 6.45) is 1.10. The lowest BCUT2D eigenvalue weighted by Gasteiger charge is -2.07. The molecule has 7 heteroatoms. The molecule has 1 N–H and O–H groups in total. The van der Waals surface area contributed by atoms with Gasteiger partial charge in [0.05, 0.1) is 0 Å². The second kappa shape index (κ2) is 8.94. The molecule has 0 bridgehead atoms. The maximum absolute atomic E-state index is 3.94. The van der Waals surface area contributed by atoms with Gasteiger partial charge in [0.1, 0.15) is 0 Å². The van der Waals surface area contributed by atoms with Crippen LogP contribution >= 0.6 is 24.2 Å². The van der Waals surface area contributed by atoms with Gasteiger partial charge < -0.3 is 5.32 Å². The van der Waals surface area contributed by atoms with Crippen molar-refractivity contribution in [3.8, 4) is 0 Å². The molecule has 0 atom stereocenters. The van der Waals surface area contributed by atoms with Crippen molar-refractivity contribution in [2.45, 2.75) is 25.0 Å². The van der Waals surface area contributed by atoms with Gasteiger partial charge in [0.2, 0.25) is 5.16 Å². The summed E-state index contributed by atoms with van der Waals surface area (Å²) in [6.45, 7) is 4.09. The number of hydrogen-bond acceptors (Lipinski definition) is 5. The van der Waals surface area contributed by atoms with E-state index in [1.807, 2.05) is 7.05 Å². The van der Waals surface area contributed by atoms with Crippen molar-refractivity contribution in [3.05, 3.63) is 35.4 Å². The normalized spacial score (nSPS) is 10.3. The third-order valence-corrected chi connectivity index (χ3v) is 3.98. The van der Waals surface area contributed by atoms with Crippen LogP contribution in [0.3, 0.4) is 0 Å². The average molecular weight is 314 g/mol. The van der Waals surface area contributed by atoms with Crippen molar-refractivity contribution in [2.24, 2.45) is 7.05 Å². The van der Waals surface area contributed by atoms with Gasteiger partial charge in [-0.1, -0.05) is 36.0 Å². The minimum Gasteiger partial charge on any atom is -0.313 e. The van der Waals surface area contributed by atoms with Crippen LogP contribution in [0.5, 0.6) is 0 Å². The molecule has 5 nitrogen and oxygen atoms in total. The van der Waals surface area contributed by atoms with E-state index in [1.165, 1.54) is 11.1 Å². The first-order chi connectivity index (χ1) is 9.27. The van der Waals surface area contributed by atoms with Crippen molar-refractivity contribution >= 4 is 24.2 Å². The van der Waals surface area contributed by atoms with Crippen LogP contribution in [-0.2, 0) is 13.6 Å². The van der Waals surface area contributed by atoms with Gasteiger partial charge in [-0.05, 0) is 41.4 Å². The zero-order chi connectivity index (χ0) is 13.5. The predicted molar refractivity (Wildman–Crippen MR) is 84.3 cm³/mol. The fourth-order valence-electron chi connectivity index (χ4n) is 1.74. The number of aryl methyl sites for hydroxylation is 2. The van der Waals surface area contributed by atoms with Crippen LogP contribution in [0.15, 0.2) is 29.4 Å². The molecule has 0 radical (unpaired) electrons. The lowest BCUT2D eigenvalue weighted by molar-refractivity contribution is 0.660. The van der Waals surface area contributed by atoms with E-state index in [1.54, 1.807) is 16.4 Å². The molecule has 0 saturated carbocycles. The summed E-state index contributed by atoms with van der Waals surface area (Å²) in [4.78, 5) is 0. The number of nitrogens with one attached hydrogen (secondary N) is 1. The molecule has 0 amide bonds. The summed E-state index contributed by atoms with van der Waals surface area (Å²) in [5, 5.41) is 15.7. The number of rotatable bonds is 7. The smallest absolute Gasteiger partial charge is 0.209 e. The van der Waals surface area contributed by atoms with Crippen molar-refractivity contribution < 1.29 is 0 Å². The molecule has 0 spiro atoms. The minimum absolute atomic E-state index is 0. The van der Waals surface area contributed by atoms with E-state index in [2.05, 4.69) is 52.0 Å². The van der Waals surface area contributed by atoms with Gasteiger partial charge in [0.15, 0.2) is 0 Å². The van der Waals surface area contributed by atoms with Gasteiger partial charge in [0, 0.05) is 19.3 Å². The van der Waals surface area contributed by atoms with E-state index >= 15 is 0 Å². The highest BCUT2D eigenvalue weighted by Crippen LogP contribution is 2.12. The summed E-state index contributed by atoms with van der Waals surface area (Å²) in [5.74, 6) is 1.02. The third-order valence-electron chi connectivity index (χ3n) is 2.89. The van der Waals surface area contributed by atoms with Crippen molar-refractivity contribution in [3.63, 3.8) is 0 Å². The van der Waals surface area contributed by atoms with Crippen LogP contribution in [0, 0.1) is 6.92 Å². The minimum atomic E-state index is 0. The standard InChI is InChI=1S/C13H19N5S.ClH/c1-11-6-3-4-7-12(11)10-14-8-5-9-19-13-15-16-17-18(13)2;/h3-4,6-7,14H,5,8-10H2,1-2H3;1H. The number of hydrogen-bond donors (Lipinski definition) is 1. The molecule has 0 aliphatic carbocycles. The van der Waals surface area contributed by atoms with Crippen LogP contribution < -0.4 is 5.32 Å². The molecule has 1 aromatic carbocycles. The Kier molecular flexibility index (Phi) is 7.58. The van der Waals surface area contributed by atoms with E-state index < -0.39 is 0 Å². The Labute approximate surface area is 129 Å².